The number of rotatable bonds is 4. The molecule has 126 valence electrons. The Kier molecular flexibility index (Phi) is 5.47. The first-order valence-electron chi connectivity index (χ1n) is 7.28. The summed E-state index contributed by atoms with van der Waals surface area (Å²) in [6, 6.07) is 8.60. The second-order valence-corrected chi connectivity index (χ2v) is 5.44. The van der Waals surface area contributed by atoms with E-state index in [0.29, 0.717) is 17.4 Å². The van der Waals surface area contributed by atoms with Crippen LogP contribution in [0.3, 0.4) is 0 Å². The van der Waals surface area contributed by atoms with Gasteiger partial charge in [0, 0.05) is 29.0 Å². The summed E-state index contributed by atoms with van der Waals surface area (Å²) in [5.41, 5.74) is 0.855. The SMILES string of the molecule is CC(C)NC(=O)Nc1ccc(NC(=O)c2cc(F)cc(F)c2)cc1. The summed E-state index contributed by atoms with van der Waals surface area (Å²) in [5, 5.41) is 7.84. The number of hydrogen-bond acceptors (Lipinski definition) is 2. The number of urea groups is 1. The van der Waals surface area contributed by atoms with Crippen LogP contribution in [0.15, 0.2) is 42.5 Å². The van der Waals surface area contributed by atoms with Gasteiger partial charge in [-0.1, -0.05) is 0 Å². The van der Waals surface area contributed by atoms with Crippen LogP contribution < -0.4 is 16.0 Å². The maximum Gasteiger partial charge on any atom is 0.319 e. The molecule has 0 saturated heterocycles. The zero-order chi connectivity index (χ0) is 17.7. The fourth-order valence-electron chi connectivity index (χ4n) is 1.95. The van der Waals surface area contributed by atoms with Gasteiger partial charge in [-0.3, -0.25) is 4.79 Å². The van der Waals surface area contributed by atoms with Gasteiger partial charge in [-0.25, -0.2) is 13.6 Å². The highest BCUT2D eigenvalue weighted by atomic mass is 19.1. The molecule has 0 fully saturated rings. The van der Waals surface area contributed by atoms with E-state index in [2.05, 4.69) is 16.0 Å². The van der Waals surface area contributed by atoms with Crippen LogP contribution in [-0.4, -0.2) is 18.0 Å². The molecule has 0 heterocycles. The number of amides is 3. The molecule has 0 aliphatic rings. The fraction of sp³-hybridized carbons (Fsp3) is 0.176. The number of benzene rings is 2. The lowest BCUT2D eigenvalue weighted by Crippen LogP contribution is -2.34. The highest BCUT2D eigenvalue weighted by Crippen LogP contribution is 2.15. The van der Waals surface area contributed by atoms with E-state index in [0.717, 1.165) is 12.1 Å². The van der Waals surface area contributed by atoms with E-state index in [4.69, 9.17) is 0 Å². The first kappa shape index (κ1) is 17.4. The molecule has 5 nitrogen and oxygen atoms in total. The van der Waals surface area contributed by atoms with Crippen LogP contribution in [-0.2, 0) is 0 Å². The average Bonchev–Trinajstić information content (AvgIpc) is 2.47. The molecule has 2 rings (SSSR count). The molecule has 2 aromatic carbocycles. The van der Waals surface area contributed by atoms with E-state index < -0.39 is 17.5 Å². The summed E-state index contributed by atoms with van der Waals surface area (Å²) in [6.45, 7) is 3.68. The molecule has 24 heavy (non-hydrogen) atoms. The van der Waals surface area contributed by atoms with E-state index in [9.17, 15) is 18.4 Å². The van der Waals surface area contributed by atoms with E-state index >= 15 is 0 Å². The predicted molar refractivity (Wildman–Crippen MR) is 88.0 cm³/mol. The molecule has 3 N–H and O–H groups in total. The Labute approximate surface area is 138 Å². The molecule has 0 aliphatic carbocycles. The molecule has 0 aromatic heterocycles. The Morgan fingerprint density at radius 3 is 1.88 bits per heavy atom. The first-order chi connectivity index (χ1) is 11.3. The van der Waals surface area contributed by atoms with Gasteiger partial charge in [-0.15, -0.1) is 0 Å². The number of nitrogens with one attached hydrogen (secondary N) is 3. The van der Waals surface area contributed by atoms with Gasteiger partial charge < -0.3 is 16.0 Å². The van der Waals surface area contributed by atoms with Crippen LogP contribution in [0.4, 0.5) is 25.0 Å². The summed E-state index contributed by atoms with van der Waals surface area (Å²) in [4.78, 5) is 23.5. The smallest absolute Gasteiger partial charge is 0.319 e. The minimum atomic E-state index is -0.823. The average molecular weight is 333 g/mol. The van der Waals surface area contributed by atoms with Crippen molar-refractivity contribution < 1.29 is 18.4 Å². The Bertz CT molecular complexity index is 726. The van der Waals surface area contributed by atoms with Crippen molar-refractivity contribution in [2.24, 2.45) is 0 Å². The minimum absolute atomic E-state index is 0.00947. The maximum absolute atomic E-state index is 13.1. The molecule has 0 aliphatic heterocycles. The topological polar surface area (TPSA) is 70.2 Å². The number of halogens is 2. The van der Waals surface area contributed by atoms with Gasteiger partial charge in [0.05, 0.1) is 0 Å². The number of carbonyl (C=O) groups is 2. The van der Waals surface area contributed by atoms with Crippen molar-refractivity contribution in [3.05, 3.63) is 59.7 Å². The Morgan fingerprint density at radius 1 is 0.875 bits per heavy atom. The summed E-state index contributed by atoms with van der Waals surface area (Å²) >= 11 is 0. The van der Waals surface area contributed by atoms with Crippen molar-refractivity contribution in [2.45, 2.75) is 19.9 Å². The van der Waals surface area contributed by atoms with Crippen molar-refractivity contribution in [3.8, 4) is 0 Å². The molecule has 3 amide bonds. The zero-order valence-corrected chi connectivity index (χ0v) is 13.2. The number of anilines is 2. The largest absolute Gasteiger partial charge is 0.336 e. The van der Waals surface area contributed by atoms with E-state index in [1.165, 1.54) is 0 Å². The number of carbonyl (C=O) groups excluding carboxylic acids is 2. The van der Waals surface area contributed by atoms with Crippen LogP contribution in [0.1, 0.15) is 24.2 Å². The van der Waals surface area contributed by atoms with E-state index in [1.807, 2.05) is 13.8 Å². The van der Waals surface area contributed by atoms with Gasteiger partial charge in [0.25, 0.3) is 5.91 Å². The standard InChI is InChI=1S/C17H17F2N3O2/c1-10(2)20-17(24)22-15-5-3-14(4-6-15)21-16(23)11-7-12(18)9-13(19)8-11/h3-10H,1-2H3,(H,21,23)(H2,20,22,24). The van der Waals surface area contributed by atoms with Crippen molar-refractivity contribution in [1.29, 1.82) is 0 Å². The monoisotopic (exact) mass is 333 g/mol. The van der Waals surface area contributed by atoms with Gasteiger partial charge in [0.15, 0.2) is 0 Å². The predicted octanol–water partition coefficient (Wildman–Crippen LogP) is 3.75. The zero-order valence-electron chi connectivity index (χ0n) is 13.2. The van der Waals surface area contributed by atoms with Gasteiger partial charge in [0.2, 0.25) is 0 Å². The Hall–Kier alpha value is -2.96. The summed E-state index contributed by atoms with van der Waals surface area (Å²) in [7, 11) is 0. The van der Waals surface area contributed by atoms with Crippen molar-refractivity contribution >= 4 is 23.3 Å². The van der Waals surface area contributed by atoms with Crippen LogP contribution in [0.5, 0.6) is 0 Å². The Balaban J connectivity index is 2.00. The highest BCUT2D eigenvalue weighted by molar-refractivity contribution is 6.04. The van der Waals surface area contributed by atoms with Crippen LogP contribution in [0.25, 0.3) is 0 Å². The molecule has 2 aromatic rings. The Morgan fingerprint density at radius 2 is 1.38 bits per heavy atom. The molecule has 0 atom stereocenters. The van der Waals surface area contributed by atoms with Crippen molar-refractivity contribution in [2.75, 3.05) is 10.6 Å². The molecular weight excluding hydrogens is 316 g/mol. The molecule has 0 bridgehead atoms. The molecule has 0 saturated carbocycles. The minimum Gasteiger partial charge on any atom is -0.336 e. The molecule has 0 spiro atoms. The lowest BCUT2D eigenvalue weighted by molar-refractivity contribution is 0.102. The quantitative estimate of drug-likeness (QED) is 0.797. The first-order valence-corrected chi connectivity index (χ1v) is 7.28. The lowest BCUT2D eigenvalue weighted by atomic mass is 10.2. The third kappa shape index (κ3) is 5.05. The molecule has 0 unspecified atom stereocenters. The van der Waals surface area contributed by atoms with E-state index in [1.54, 1.807) is 24.3 Å². The second kappa shape index (κ2) is 7.54. The lowest BCUT2D eigenvalue weighted by Gasteiger charge is -2.11. The number of hydrogen-bond donors (Lipinski definition) is 3. The fourth-order valence-corrected chi connectivity index (χ4v) is 1.95. The van der Waals surface area contributed by atoms with Gasteiger partial charge >= 0.3 is 6.03 Å². The molecule has 7 heteroatoms. The van der Waals surface area contributed by atoms with Crippen LogP contribution >= 0.6 is 0 Å². The van der Waals surface area contributed by atoms with Gasteiger partial charge in [-0.05, 0) is 50.2 Å². The third-order valence-corrected chi connectivity index (χ3v) is 2.95. The maximum atomic E-state index is 13.1. The van der Waals surface area contributed by atoms with E-state index in [-0.39, 0.29) is 17.6 Å². The van der Waals surface area contributed by atoms with Crippen molar-refractivity contribution in [1.82, 2.24) is 5.32 Å². The van der Waals surface area contributed by atoms with Gasteiger partial charge in [0.1, 0.15) is 11.6 Å². The molecular formula is C17H17F2N3O2. The molecule has 0 radical (unpaired) electrons. The summed E-state index contributed by atoms with van der Waals surface area (Å²) in [6.07, 6.45) is 0. The van der Waals surface area contributed by atoms with Gasteiger partial charge in [-0.2, -0.15) is 0 Å². The van der Waals surface area contributed by atoms with Crippen molar-refractivity contribution in [3.63, 3.8) is 0 Å². The third-order valence-electron chi connectivity index (χ3n) is 2.95. The van der Waals surface area contributed by atoms with Crippen LogP contribution in [0.2, 0.25) is 0 Å². The summed E-state index contributed by atoms with van der Waals surface area (Å²) < 4.78 is 26.3. The highest BCUT2D eigenvalue weighted by Gasteiger charge is 2.10. The van der Waals surface area contributed by atoms with Crippen LogP contribution in [0, 0.1) is 11.6 Å². The second-order valence-electron chi connectivity index (χ2n) is 5.44. The normalized spacial score (nSPS) is 10.4. The summed E-state index contributed by atoms with van der Waals surface area (Å²) in [5.74, 6) is -2.28.